The first-order valence-electron chi connectivity index (χ1n) is 11.0. The zero-order valence-corrected chi connectivity index (χ0v) is 20.5. The van der Waals surface area contributed by atoms with Gasteiger partial charge in [0.25, 0.3) is 0 Å². The van der Waals surface area contributed by atoms with E-state index in [-0.39, 0.29) is 22.6 Å². The molecule has 0 aliphatic carbocycles. The maximum absolute atomic E-state index is 12.7. The molecule has 3 aromatic rings. The Hall–Kier alpha value is -2.72. The molecule has 1 aliphatic heterocycles. The van der Waals surface area contributed by atoms with E-state index in [4.69, 9.17) is 4.74 Å². The number of carbonyl (C=O) groups excluding carboxylic acids is 1. The van der Waals surface area contributed by atoms with E-state index in [1.165, 1.54) is 28.3 Å². The van der Waals surface area contributed by atoms with E-state index in [1.54, 1.807) is 6.07 Å². The van der Waals surface area contributed by atoms with Crippen LogP contribution >= 0.6 is 11.8 Å². The number of pyridine rings is 1. The number of hydrogen-bond donors (Lipinski definition) is 1. The number of rotatable bonds is 8. The van der Waals surface area contributed by atoms with Gasteiger partial charge in [-0.2, -0.15) is 4.31 Å². The average molecular weight is 498 g/mol. The fourth-order valence-corrected chi connectivity index (χ4v) is 5.65. The van der Waals surface area contributed by atoms with Crippen molar-refractivity contribution in [2.45, 2.75) is 22.9 Å². The molecule has 34 heavy (non-hydrogen) atoms. The van der Waals surface area contributed by atoms with Gasteiger partial charge < -0.3 is 10.1 Å². The Labute approximate surface area is 204 Å². The largest absolute Gasteiger partial charge is 0.379 e. The molecule has 0 spiro atoms. The molecule has 1 aliphatic rings. The van der Waals surface area contributed by atoms with Crippen LogP contribution in [-0.4, -0.2) is 55.7 Å². The molecule has 1 aromatic heterocycles. The number of ether oxygens (including phenoxy) is 1. The lowest BCUT2D eigenvalue weighted by molar-refractivity contribution is -0.119. The number of benzene rings is 2. The van der Waals surface area contributed by atoms with Crippen LogP contribution in [0.2, 0.25) is 0 Å². The lowest BCUT2D eigenvalue weighted by atomic mass is 10.0. The van der Waals surface area contributed by atoms with E-state index in [0.29, 0.717) is 31.3 Å². The van der Waals surface area contributed by atoms with Gasteiger partial charge in [-0.05, 0) is 35.7 Å². The number of amides is 1. The minimum atomic E-state index is -3.58. The Morgan fingerprint density at radius 2 is 1.71 bits per heavy atom. The van der Waals surface area contributed by atoms with Gasteiger partial charge in [-0.15, -0.1) is 0 Å². The zero-order valence-electron chi connectivity index (χ0n) is 18.9. The fraction of sp³-hybridized carbons (Fsp3) is 0.280. The number of hydrogen-bond acceptors (Lipinski definition) is 6. The van der Waals surface area contributed by atoms with Crippen LogP contribution in [0.4, 0.5) is 0 Å². The number of nitrogens with one attached hydrogen (secondary N) is 1. The summed E-state index contributed by atoms with van der Waals surface area (Å²) < 4.78 is 32.0. The normalized spacial score (nSPS) is 15.6. The molecule has 1 saturated heterocycles. The molecule has 1 N–H and O–H groups in total. The number of thioether (sulfide) groups is 1. The summed E-state index contributed by atoms with van der Waals surface area (Å²) in [6.07, 6.45) is 1.35. The van der Waals surface area contributed by atoms with Gasteiger partial charge in [-0.25, -0.2) is 13.4 Å². The highest BCUT2D eigenvalue weighted by Gasteiger charge is 2.26. The van der Waals surface area contributed by atoms with Gasteiger partial charge in [-0.1, -0.05) is 66.4 Å². The SMILES string of the molecule is C[C@H](NC(=O)CSc1ccc(S(=O)(=O)N2CCOCC2)cn1)c1ccc(-c2ccccc2)cc1. The number of aromatic nitrogens is 1. The highest BCUT2D eigenvalue weighted by molar-refractivity contribution is 7.99. The third-order valence-corrected chi connectivity index (χ3v) is 8.39. The van der Waals surface area contributed by atoms with Gasteiger partial charge in [0, 0.05) is 19.3 Å². The van der Waals surface area contributed by atoms with Gasteiger partial charge in [0.15, 0.2) is 0 Å². The maximum atomic E-state index is 12.7. The lowest BCUT2D eigenvalue weighted by Gasteiger charge is -2.25. The van der Waals surface area contributed by atoms with Crippen molar-refractivity contribution < 1.29 is 17.9 Å². The molecule has 1 atom stereocenters. The van der Waals surface area contributed by atoms with E-state index in [2.05, 4.69) is 34.6 Å². The summed E-state index contributed by atoms with van der Waals surface area (Å²) in [4.78, 5) is 16.8. The second-order valence-electron chi connectivity index (χ2n) is 7.91. The van der Waals surface area contributed by atoms with Crippen LogP contribution in [0, 0.1) is 0 Å². The third kappa shape index (κ3) is 6.04. The van der Waals surface area contributed by atoms with Crippen molar-refractivity contribution in [3.63, 3.8) is 0 Å². The van der Waals surface area contributed by atoms with E-state index < -0.39 is 10.0 Å². The van der Waals surface area contributed by atoms with Gasteiger partial charge in [0.2, 0.25) is 15.9 Å². The third-order valence-electron chi connectivity index (χ3n) is 5.56. The number of sulfonamides is 1. The van der Waals surface area contributed by atoms with Crippen molar-refractivity contribution in [2.24, 2.45) is 0 Å². The standard InChI is InChI=1S/C25H27N3O4S2/c1-19(20-7-9-22(10-8-20)21-5-3-2-4-6-21)27-24(29)18-33-25-12-11-23(17-26-25)34(30,31)28-13-15-32-16-14-28/h2-12,17,19H,13-16,18H2,1H3,(H,27,29)/t19-/m0/s1. The summed E-state index contributed by atoms with van der Waals surface area (Å²) in [7, 11) is -3.58. The van der Waals surface area contributed by atoms with Gasteiger partial charge in [-0.3, -0.25) is 4.79 Å². The van der Waals surface area contributed by atoms with Crippen LogP contribution in [0.15, 0.2) is 82.8 Å². The van der Waals surface area contributed by atoms with Gasteiger partial charge in [0.1, 0.15) is 4.90 Å². The predicted molar refractivity (Wildman–Crippen MR) is 133 cm³/mol. The summed E-state index contributed by atoms with van der Waals surface area (Å²) in [5, 5.41) is 3.60. The average Bonchev–Trinajstić information content (AvgIpc) is 2.89. The molecule has 2 heterocycles. The lowest BCUT2D eigenvalue weighted by Crippen LogP contribution is -2.40. The second-order valence-corrected chi connectivity index (χ2v) is 10.8. The second kappa shape index (κ2) is 11.1. The molecule has 4 rings (SSSR count). The Bertz CT molecular complexity index is 1200. The van der Waals surface area contributed by atoms with Crippen LogP contribution < -0.4 is 5.32 Å². The molecule has 0 unspecified atom stereocenters. The summed E-state index contributed by atoms with van der Waals surface area (Å²) in [6, 6.07) is 21.3. The molecule has 7 nitrogen and oxygen atoms in total. The molecule has 0 radical (unpaired) electrons. The molecule has 2 aromatic carbocycles. The summed E-state index contributed by atoms with van der Waals surface area (Å²) >= 11 is 1.27. The first kappa shape index (κ1) is 24.4. The molecular formula is C25H27N3O4S2. The van der Waals surface area contributed by atoms with Crippen molar-refractivity contribution in [1.82, 2.24) is 14.6 Å². The minimum absolute atomic E-state index is 0.114. The van der Waals surface area contributed by atoms with Crippen molar-refractivity contribution in [3.8, 4) is 11.1 Å². The van der Waals surface area contributed by atoms with Gasteiger partial charge in [0.05, 0.1) is 30.0 Å². The number of carbonyl (C=O) groups is 1. The van der Waals surface area contributed by atoms with Crippen LogP contribution in [0.3, 0.4) is 0 Å². The number of morpholine rings is 1. The van der Waals surface area contributed by atoms with E-state index in [9.17, 15) is 13.2 Å². The van der Waals surface area contributed by atoms with Gasteiger partial charge >= 0.3 is 0 Å². The molecule has 9 heteroatoms. The molecule has 1 fully saturated rings. The fourth-order valence-electron chi connectivity index (χ4n) is 3.64. The summed E-state index contributed by atoms with van der Waals surface area (Å²) in [5.74, 6) is 0.0751. The molecule has 178 valence electrons. The van der Waals surface area contributed by atoms with Crippen molar-refractivity contribution in [3.05, 3.63) is 78.5 Å². The first-order valence-corrected chi connectivity index (χ1v) is 13.5. The Kier molecular flexibility index (Phi) is 7.99. The van der Waals surface area contributed by atoms with E-state index in [0.717, 1.165) is 16.7 Å². The molecular weight excluding hydrogens is 470 g/mol. The van der Waals surface area contributed by atoms with E-state index >= 15 is 0 Å². The topological polar surface area (TPSA) is 88.6 Å². The Morgan fingerprint density at radius 1 is 1.03 bits per heavy atom. The predicted octanol–water partition coefficient (Wildman–Crippen LogP) is 3.74. The summed E-state index contributed by atoms with van der Waals surface area (Å²) in [5.41, 5.74) is 3.30. The Morgan fingerprint density at radius 3 is 2.35 bits per heavy atom. The van der Waals surface area contributed by atoms with Crippen LogP contribution in [0.25, 0.3) is 11.1 Å². The van der Waals surface area contributed by atoms with E-state index in [1.807, 2.05) is 37.3 Å². The molecule has 0 bridgehead atoms. The number of nitrogens with zero attached hydrogens (tertiary/aromatic N) is 2. The van der Waals surface area contributed by atoms with Crippen LogP contribution in [-0.2, 0) is 19.6 Å². The molecule has 0 saturated carbocycles. The quantitative estimate of drug-likeness (QED) is 0.477. The van der Waals surface area contributed by atoms with Crippen LogP contribution in [0.5, 0.6) is 0 Å². The minimum Gasteiger partial charge on any atom is -0.379 e. The highest BCUT2D eigenvalue weighted by atomic mass is 32.2. The summed E-state index contributed by atoms with van der Waals surface area (Å²) in [6.45, 7) is 3.42. The van der Waals surface area contributed by atoms with Crippen LogP contribution in [0.1, 0.15) is 18.5 Å². The van der Waals surface area contributed by atoms with Crippen molar-refractivity contribution >= 4 is 27.7 Å². The van der Waals surface area contributed by atoms with Crippen molar-refractivity contribution in [2.75, 3.05) is 32.1 Å². The molecule has 1 amide bonds. The maximum Gasteiger partial charge on any atom is 0.244 e. The Balaban J connectivity index is 1.29. The zero-order chi connectivity index (χ0) is 24.0. The van der Waals surface area contributed by atoms with Crippen molar-refractivity contribution in [1.29, 1.82) is 0 Å². The monoisotopic (exact) mass is 497 g/mol. The smallest absolute Gasteiger partial charge is 0.244 e. The highest BCUT2D eigenvalue weighted by Crippen LogP contribution is 2.23. The first-order chi connectivity index (χ1) is 16.4.